The van der Waals surface area contributed by atoms with E-state index in [2.05, 4.69) is 158 Å². The maximum absolute atomic E-state index is 7.15. The quantitative estimate of drug-likeness (QED) is 0.119. The molecule has 0 saturated carbocycles. The van der Waals surface area contributed by atoms with Crippen LogP contribution in [0.25, 0.3) is 253 Å². The smallest absolute Gasteiger partial charge is 0.180 e. The molecule has 16 heteroatoms. The van der Waals surface area contributed by atoms with Crippen molar-refractivity contribution >= 4 is 151 Å². The maximum atomic E-state index is 7.15. The topological polar surface area (TPSA) is 181 Å². The molecule has 0 atom stereocenters. The van der Waals surface area contributed by atoms with Gasteiger partial charge < -0.3 is 17.7 Å². The second-order valence-corrected chi connectivity index (χ2v) is 30.4. The SMILES string of the molecule is c1ccc(-c2nc(-c3cccc(-c4cccc5oc6c(-c7nc(-c8cccc9c8sc8cccc(-c%10nc(-c%11ccccc%11)nc(-c%11ccccc%11)n%10)c89)nc8c7oc7ccccc78)cccc6c45)c3)nc(-c3cccc4sc5c(-c6nc(-c7ccc8c(c7)oc7ccccc78)c7oc8ccccc8c7n6)cccc5c34)n2)cc1. The van der Waals surface area contributed by atoms with Gasteiger partial charge in [0.25, 0.3) is 0 Å². The third-order valence-electron chi connectivity index (χ3n) is 21.7. The van der Waals surface area contributed by atoms with Crippen LogP contribution in [0.1, 0.15) is 0 Å². The van der Waals surface area contributed by atoms with Crippen molar-refractivity contribution in [2.45, 2.75) is 0 Å². The zero-order valence-electron chi connectivity index (χ0n) is 59.9. The molecule has 10 heterocycles. The Balaban J connectivity index is 0.625. The monoisotopic (exact) mass is 1500 g/mol. The summed E-state index contributed by atoms with van der Waals surface area (Å²) in [6, 6.07) is 107. The minimum absolute atomic E-state index is 0.519. The molecular formula is C98H52N10O4S2. The number of hydrogen-bond acceptors (Lipinski definition) is 16. The van der Waals surface area contributed by atoms with Gasteiger partial charge in [0.1, 0.15) is 55.9 Å². The van der Waals surface area contributed by atoms with Gasteiger partial charge in [-0.3, -0.25) is 0 Å². The van der Waals surface area contributed by atoms with E-state index in [9.17, 15) is 0 Å². The molecule has 0 N–H and O–H groups in total. The molecule has 0 fully saturated rings. The molecule has 24 aromatic rings. The molecule has 0 aliphatic carbocycles. The van der Waals surface area contributed by atoms with Crippen molar-refractivity contribution < 1.29 is 17.7 Å². The molecule has 0 aliphatic rings. The van der Waals surface area contributed by atoms with Crippen molar-refractivity contribution in [2.75, 3.05) is 0 Å². The summed E-state index contributed by atoms with van der Waals surface area (Å²) in [6.45, 7) is 0. The van der Waals surface area contributed by atoms with Crippen LogP contribution >= 0.6 is 22.7 Å². The van der Waals surface area contributed by atoms with Crippen LogP contribution in [0, 0.1) is 0 Å². The zero-order chi connectivity index (χ0) is 74.6. The summed E-state index contributed by atoms with van der Waals surface area (Å²) >= 11 is 3.40. The lowest BCUT2D eigenvalue weighted by molar-refractivity contribution is 0.663. The summed E-state index contributed by atoms with van der Waals surface area (Å²) in [5.74, 6) is 4.50. The third-order valence-corrected chi connectivity index (χ3v) is 24.1. The summed E-state index contributed by atoms with van der Waals surface area (Å²) in [7, 11) is 0. The van der Waals surface area contributed by atoms with Crippen molar-refractivity contribution in [3.05, 3.63) is 315 Å². The lowest BCUT2D eigenvalue weighted by Crippen LogP contribution is -2.00. The predicted octanol–water partition coefficient (Wildman–Crippen LogP) is 26.3. The molecule has 530 valence electrons. The highest BCUT2D eigenvalue weighted by atomic mass is 32.1. The van der Waals surface area contributed by atoms with Gasteiger partial charge in [0.2, 0.25) is 0 Å². The molecule has 10 aromatic heterocycles. The molecule has 0 spiro atoms. The molecule has 0 radical (unpaired) electrons. The number of fused-ring (bicyclic) bond motifs is 18. The van der Waals surface area contributed by atoms with Crippen molar-refractivity contribution in [3.8, 4) is 125 Å². The summed E-state index contributed by atoms with van der Waals surface area (Å²) < 4.78 is 31.3. The predicted molar refractivity (Wildman–Crippen MR) is 459 cm³/mol. The van der Waals surface area contributed by atoms with Crippen LogP contribution in [-0.4, -0.2) is 49.8 Å². The standard InChI is InChI=1S/C98H52N10O4S2/c1-4-23-53(24-5-1)91-103-92(54-25-6-2-7-26-54)106-95(105-91)67-38-21-47-77-80(67)66-37-19-42-71(90(66)114-77)98-101-84-63-33-12-15-45-74(63)111-88(84)85(102-98)69-40-17-35-64-79-59(34-20-46-75(79)112-86(64)69)56-29-16-30-58(51-56)94-104-93(55-27-8-3-9-28-55)107-96(108-94)68-39-22-48-78-81(68)65-36-18-41-70(89(65)113-78)97-99-82(87-83(100-97)62-32-11-14-44-73(62)110-87)57-49-50-61-60-31-10-13-43-72(60)109-76(61)52-57/h1-52H. The Bertz CT molecular complexity index is 8090. The van der Waals surface area contributed by atoms with E-state index in [4.69, 9.17) is 67.5 Å². The summed E-state index contributed by atoms with van der Waals surface area (Å²) in [4.78, 5) is 53.4. The Morgan fingerprint density at radius 3 is 1.16 bits per heavy atom. The molecule has 0 unspecified atom stereocenters. The van der Waals surface area contributed by atoms with E-state index < -0.39 is 0 Å². The van der Waals surface area contributed by atoms with E-state index in [1.807, 2.05) is 158 Å². The first-order valence-corrected chi connectivity index (χ1v) is 39.0. The van der Waals surface area contributed by atoms with Gasteiger partial charge in [-0.05, 0) is 96.1 Å². The van der Waals surface area contributed by atoms with E-state index >= 15 is 0 Å². The normalized spacial score (nSPS) is 12.0. The molecule has 0 aliphatic heterocycles. The summed E-state index contributed by atoms with van der Waals surface area (Å²) in [5, 5.41) is 9.84. The highest BCUT2D eigenvalue weighted by Gasteiger charge is 2.28. The number of aromatic nitrogens is 10. The molecular weight excluding hydrogens is 1450 g/mol. The van der Waals surface area contributed by atoms with E-state index in [0.29, 0.717) is 91.4 Å². The summed E-state index contributed by atoms with van der Waals surface area (Å²) in [5.41, 5.74) is 18.8. The van der Waals surface area contributed by atoms with Gasteiger partial charge in [0.15, 0.2) is 57.8 Å². The average Bonchev–Trinajstić information content (AvgIpc) is 1.58. The van der Waals surface area contributed by atoms with E-state index in [1.54, 1.807) is 22.7 Å². The first kappa shape index (κ1) is 63.8. The average molecular weight is 1500 g/mol. The van der Waals surface area contributed by atoms with Crippen LogP contribution in [0.4, 0.5) is 0 Å². The number of nitrogens with zero attached hydrogens (tertiary/aromatic N) is 10. The summed E-state index contributed by atoms with van der Waals surface area (Å²) in [6.07, 6.45) is 0. The van der Waals surface area contributed by atoms with Crippen LogP contribution in [0.2, 0.25) is 0 Å². The van der Waals surface area contributed by atoms with Crippen LogP contribution in [0.5, 0.6) is 0 Å². The largest absolute Gasteiger partial charge is 0.456 e. The van der Waals surface area contributed by atoms with Gasteiger partial charge in [-0.25, -0.2) is 49.8 Å². The number of hydrogen-bond donors (Lipinski definition) is 0. The highest BCUT2D eigenvalue weighted by Crippen LogP contribution is 2.50. The van der Waals surface area contributed by atoms with Crippen molar-refractivity contribution in [2.24, 2.45) is 0 Å². The lowest BCUT2D eigenvalue weighted by Gasteiger charge is -2.11. The molecule has 14 nitrogen and oxygen atoms in total. The van der Waals surface area contributed by atoms with Crippen LogP contribution in [0.15, 0.2) is 333 Å². The third kappa shape index (κ3) is 10.1. The lowest BCUT2D eigenvalue weighted by atomic mass is 9.96. The fourth-order valence-electron chi connectivity index (χ4n) is 16.5. The molecule has 0 amide bonds. The van der Waals surface area contributed by atoms with Gasteiger partial charge in [-0.15, -0.1) is 22.7 Å². The fourth-order valence-corrected chi connectivity index (χ4v) is 18.9. The van der Waals surface area contributed by atoms with E-state index in [-0.39, 0.29) is 0 Å². The van der Waals surface area contributed by atoms with Crippen molar-refractivity contribution in [3.63, 3.8) is 0 Å². The van der Waals surface area contributed by atoms with E-state index in [1.165, 1.54) is 0 Å². The Morgan fingerprint density at radius 2 is 0.579 bits per heavy atom. The number of para-hydroxylation sites is 4. The number of thiophene rings is 2. The number of rotatable bonds is 11. The van der Waals surface area contributed by atoms with Crippen LogP contribution in [-0.2, 0) is 0 Å². The first-order valence-electron chi connectivity index (χ1n) is 37.4. The van der Waals surface area contributed by atoms with Gasteiger partial charge in [-0.2, -0.15) is 0 Å². The fraction of sp³-hybridized carbons (Fsp3) is 0. The Labute approximate surface area is 654 Å². The second-order valence-electron chi connectivity index (χ2n) is 28.3. The molecule has 0 saturated heterocycles. The van der Waals surface area contributed by atoms with Crippen LogP contribution in [0.3, 0.4) is 0 Å². The van der Waals surface area contributed by atoms with Gasteiger partial charge in [0, 0.05) is 128 Å². The van der Waals surface area contributed by atoms with Gasteiger partial charge in [-0.1, -0.05) is 231 Å². The van der Waals surface area contributed by atoms with E-state index in [0.717, 1.165) is 162 Å². The second kappa shape index (κ2) is 25.2. The van der Waals surface area contributed by atoms with Crippen molar-refractivity contribution in [1.29, 1.82) is 0 Å². The van der Waals surface area contributed by atoms with Crippen molar-refractivity contribution in [1.82, 2.24) is 49.8 Å². The Morgan fingerprint density at radius 1 is 0.193 bits per heavy atom. The molecule has 24 rings (SSSR count). The number of furan rings is 4. The minimum Gasteiger partial charge on any atom is -0.456 e. The molecule has 0 bridgehead atoms. The molecule has 14 aromatic carbocycles. The Hall–Kier alpha value is -15.1. The first-order chi connectivity index (χ1) is 56.5. The van der Waals surface area contributed by atoms with Gasteiger partial charge in [0.05, 0.1) is 0 Å². The van der Waals surface area contributed by atoms with Crippen LogP contribution < -0.4 is 0 Å². The van der Waals surface area contributed by atoms with Gasteiger partial charge >= 0.3 is 0 Å². The molecule has 114 heavy (non-hydrogen) atoms. The Kier molecular flexibility index (Phi) is 14.1. The minimum atomic E-state index is 0.519. The highest BCUT2D eigenvalue weighted by molar-refractivity contribution is 7.27. The zero-order valence-corrected chi connectivity index (χ0v) is 61.6. The maximum Gasteiger partial charge on any atom is 0.180 e. The number of benzene rings is 14.